The second-order valence-corrected chi connectivity index (χ2v) is 4.45. The molecule has 20 heavy (non-hydrogen) atoms. The fourth-order valence-corrected chi connectivity index (χ4v) is 2.02. The molecule has 1 aromatic carbocycles. The van der Waals surface area contributed by atoms with E-state index in [1.165, 1.54) is 12.1 Å². The molecule has 1 N–H and O–H groups in total. The van der Waals surface area contributed by atoms with Gasteiger partial charge in [-0.15, -0.1) is 0 Å². The van der Waals surface area contributed by atoms with Crippen LogP contribution in [0.1, 0.15) is 35.9 Å². The van der Waals surface area contributed by atoms with Gasteiger partial charge in [0.2, 0.25) is 5.82 Å². The summed E-state index contributed by atoms with van der Waals surface area (Å²) in [6, 6.07) is 3.82. The van der Waals surface area contributed by atoms with Gasteiger partial charge < -0.3 is 9.67 Å². The highest BCUT2D eigenvalue weighted by molar-refractivity contribution is 5.92. The van der Waals surface area contributed by atoms with Gasteiger partial charge in [0, 0.05) is 6.54 Å². The lowest BCUT2D eigenvalue weighted by Crippen LogP contribution is -2.15. The monoisotopic (exact) mass is 286 g/mol. The maximum atomic E-state index is 13.0. The number of nitrogens with zero attached hydrogens (tertiary/aromatic N) is 2. The predicted octanol–water partition coefficient (Wildman–Crippen LogP) is 3.55. The summed E-state index contributed by atoms with van der Waals surface area (Å²) in [5.74, 6) is -2.17. The van der Waals surface area contributed by atoms with Crippen LogP contribution in [0.5, 0.6) is 0 Å². The highest BCUT2D eigenvalue weighted by Gasteiger charge is 2.37. The molecule has 0 unspecified atom stereocenters. The number of alkyl halides is 3. The number of halogens is 3. The lowest BCUT2D eigenvalue weighted by atomic mass is 10.2. The number of hydrogen-bond donors (Lipinski definition) is 1. The average Bonchev–Trinajstić information content (AvgIpc) is 2.73. The van der Waals surface area contributed by atoms with Crippen LogP contribution >= 0.6 is 0 Å². The largest absolute Gasteiger partial charge is 0.478 e. The molecule has 0 atom stereocenters. The lowest BCUT2D eigenvalue weighted by molar-refractivity contribution is -0.146. The number of aromatic nitrogens is 2. The molecule has 0 saturated heterocycles. The van der Waals surface area contributed by atoms with Crippen molar-refractivity contribution in [2.75, 3.05) is 0 Å². The van der Waals surface area contributed by atoms with E-state index >= 15 is 0 Å². The first-order chi connectivity index (χ1) is 9.34. The molecule has 2 aromatic rings. The van der Waals surface area contributed by atoms with Gasteiger partial charge in [0.25, 0.3) is 0 Å². The molecule has 0 fully saturated rings. The highest BCUT2D eigenvalue weighted by atomic mass is 19.4. The molecular weight excluding hydrogens is 273 g/mol. The van der Waals surface area contributed by atoms with Crippen LogP contribution < -0.4 is 0 Å². The van der Waals surface area contributed by atoms with Crippen LogP contribution in [0, 0.1) is 0 Å². The summed E-state index contributed by atoms with van der Waals surface area (Å²) in [5, 5.41) is 8.86. The zero-order valence-corrected chi connectivity index (χ0v) is 10.7. The number of aromatic carboxylic acids is 1. The molecule has 0 bridgehead atoms. The SMILES string of the molecule is CCCCn1c(C(F)(F)F)nc2cc(C(=O)O)ccc21. The van der Waals surface area contributed by atoms with Gasteiger partial charge in [-0.25, -0.2) is 9.78 Å². The van der Waals surface area contributed by atoms with Gasteiger partial charge in [-0.1, -0.05) is 13.3 Å². The molecule has 108 valence electrons. The first-order valence-corrected chi connectivity index (χ1v) is 6.15. The lowest BCUT2D eigenvalue weighted by Gasteiger charge is -2.10. The zero-order valence-electron chi connectivity index (χ0n) is 10.7. The smallest absolute Gasteiger partial charge is 0.449 e. The van der Waals surface area contributed by atoms with Gasteiger partial charge in [-0.05, 0) is 24.6 Å². The summed E-state index contributed by atoms with van der Waals surface area (Å²) < 4.78 is 40.0. The Kier molecular flexibility index (Phi) is 3.69. The average molecular weight is 286 g/mol. The van der Waals surface area contributed by atoms with E-state index in [0.717, 1.165) is 17.1 Å². The number of aryl methyl sites for hydroxylation is 1. The molecule has 0 spiro atoms. The van der Waals surface area contributed by atoms with Crippen molar-refractivity contribution >= 4 is 17.0 Å². The number of unbranched alkanes of at least 4 members (excludes halogenated alkanes) is 1. The number of imidazole rings is 1. The Bertz CT molecular complexity index is 647. The van der Waals surface area contributed by atoms with Crippen molar-refractivity contribution in [2.24, 2.45) is 0 Å². The van der Waals surface area contributed by atoms with Crippen molar-refractivity contribution in [1.82, 2.24) is 9.55 Å². The molecule has 0 radical (unpaired) electrons. The Morgan fingerprint density at radius 2 is 2.10 bits per heavy atom. The van der Waals surface area contributed by atoms with E-state index in [9.17, 15) is 18.0 Å². The number of carbonyl (C=O) groups is 1. The van der Waals surface area contributed by atoms with Gasteiger partial charge in [0.05, 0.1) is 16.6 Å². The van der Waals surface area contributed by atoms with Crippen molar-refractivity contribution in [3.05, 3.63) is 29.6 Å². The van der Waals surface area contributed by atoms with Crippen molar-refractivity contribution < 1.29 is 23.1 Å². The number of benzene rings is 1. The summed E-state index contributed by atoms with van der Waals surface area (Å²) in [6.45, 7) is 2.09. The van der Waals surface area contributed by atoms with Crippen molar-refractivity contribution in [3.63, 3.8) is 0 Å². The minimum atomic E-state index is -4.56. The highest BCUT2D eigenvalue weighted by Crippen LogP contribution is 2.32. The molecule has 1 heterocycles. The molecule has 0 aliphatic rings. The Morgan fingerprint density at radius 1 is 1.40 bits per heavy atom. The topological polar surface area (TPSA) is 55.1 Å². The van der Waals surface area contributed by atoms with Crippen LogP contribution in [0.25, 0.3) is 11.0 Å². The minimum Gasteiger partial charge on any atom is -0.478 e. The van der Waals surface area contributed by atoms with E-state index in [1.807, 2.05) is 6.92 Å². The van der Waals surface area contributed by atoms with E-state index in [1.54, 1.807) is 0 Å². The Balaban J connectivity index is 2.62. The van der Waals surface area contributed by atoms with E-state index in [2.05, 4.69) is 4.98 Å². The zero-order chi connectivity index (χ0) is 14.9. The van der Waals surface area contributed by atoms with Crippen LogP contribution in [-0.2, 0) is 12.7 Å². The maximum absolute atomic E-state index is 13.0. The molecule has 1 aromatic heterocycles. The number of rotatable bonds is 4. The van der Waals surface area contributed by atoms with Crippen molar-refractivity contribution in [2.45, 2.75) is 32.5 Å². The van der Waals surface area contributed by atoms with E-state index in [4.69, 9.17) is 5.11 Å². The molecular formula is C13H13F3N2O2. The number of carboxylic acids is 1. The molecule has 0 amide bonds. The third-order valence-corrected chi connectivity index (χ3v) is 2.98. The van der Waals surface area contributed by atoms with Crippen LogP contribution in [0.3, 0.4) is 0 Å². The molecule has 7 heteroatoms. The quantitative estimate of drug-likeness (QED) is 0.935. The van der Waals surface area contributed by atoms with Crippen molar-refractivity contribution in [1.29, 1.82) is 0 Å². The van der Waals surface area contributed by atoms with E-state index < -0.39 is 18.0 Å². The second kappa shape index (κ2) is 5.15. The first-order valence-electron chi connectivity index (χ1n) is 6.15. The predicted molar refractivity (Wildman–Crippen MR) is 66.6 cm³/mol. The fraction of sp³-hybridized carbons (Fsp3) is 0.385. The standard InChI is InChI=1S/C13H13F3N2O2/c1-2-3-6-18-10-5-4-8(11(19)20)7-9(10)17-12(18)13(14,15)16/h4-5,7H,2-3,6H2,1H3,(H,19,20). The van der Waals surface area contributed by atoms with Gasteiger partial charge in [0.1, 0.15) is 0 Å². The Morgan fingerprint density at radius 3 is 2.65 bits per heavy atom. The van der Waals surface area contributed by atoms with Crippen LogP contribution in [0.15, 0.2) is 18.2 Å². The molecule has 0 aliphatic heterocycles. The second-order valence-electron chi connectivity index (χ2n) is 4.45. The summed E-state index contributed by atoms with van der Waals surface area (Å²) in [7, 11) is 0. The summed E-state index contributed by atoms with van der Waals surface area (Å²) >= 11 is 0. The summed E-state index contributed by atoms with van der Waals surface area (Å²) in [6.07, 6.45) is -3.21. The third kappa shape index (κ3) is 2.61. The number of carboxylic acid groups (broad SMARTS) is 1. The van der Waals surface area contributed by atoms with E-state index in [-0.39, 0.29) is 17.6 Å². The maximum Gasteiger partial charge on any atom is 0.449 e. The number of fused-ring (bicyclic) bond motifs is 1. The van der Waals surface area contributed by atoms with Crippen LogP contribution in [-0.4, -0.2) is 20.6 Å². The normalized spacial score (nSPS) is 12.0. The van der Waals surface area contributed by atoms with Gasteiger partial charge in [-0.2, -0.15) is 13.2 Å². The Hall–Kier alpha value is -2.05. The molecule has 0 saturated carbocycles. The summed E-state index contributed by atoms with van der Waals surface area (Å²) in [4.78, 5) is 14.4. The fourth-order valence-electron chi connectivity index (χ4n) is 2.02. The molecule has 0 aliphatic carbocycles. The van der Waals surface area contributed by atoms with Gasteiger partial charge in [-0.3, -0.25) is 0 Å². The van der Waals surface area contributed by atoms with E-state index in [0.29, 0.717) is 11.9 Å². The summed E-state index contributed by atoms with van der Waals surface area (Å²) in [5.41, 5.74) is 0.274. The Labute approximate surface area is 112 Å². The molecule has 2 rings (SSSR count). The van der Waals surface area contributed by atoms with Crippen LogP contribution in [0.2, 0.25) is 0 Å². The van der Waals surface area contributed by atoms with Crippen LogP contribution in [0.4, 0.5) is 13.2 Å². The van der Waals surface area contributed by atoms with Crippen molar-refractivity contribution in [3.8, 4) is 0 Å². The van der Waals surface area contributed by atoms with Gasteiger partial charge in [0.15, 0.2) is 0 Å². The molecule has 4 nitrogen and oxygen atoms in total. The van der Waals surface area contributed by atoms with Gasteiger partial charge >= 0.3 is 12.1 Å². The number of hydrogen-bond acceptors (Lipinski definition) is 2. The first kappa shape index (κ1) is 14.4. The third-order valence-electron chi connectivity index (χ3n) is 2.98. The minimum absolute atomic E-state index is 0.0494.